The Morgan fingerprint density at radius 3 is 3.20 bits per heavy atom. The lowest BCUT2D eigenvalue weighted by molar-refractivity contribution is 0.311. The molecule has 54 valence electrons. The molecule has 0 aliphatic heterocycles. The van der Waals surface area contributed by atoms with Crippen molar-refractivity contribution in [2.45, 2.75) is 6.92 Å². The van der Waals surface area contributed by atoms with Crippen molar-refractivity contribution in [2.75, 3.05) is 6.61 Å². The maximum Gasteiger partial charge on any atom is 0.296 e. The van der Waals surface area contributed by atoms with E-state index in [1.54, 1.807) is 0 Å². The van der Waals surface area contributed by atoms with Crippen LogP contribution in [0, 0.1) is 0 Å². The van der Waals surface area contributed by atoms with Gasteiger partial charge in [0, 0.05) is 12.3 Å². The maximum atomic E-state index is 10.6. The summed E-state index contributed by atoms with van der Waals surface area (Å²) in [6.07, 6.45) is 1.41. The Kier molecular flexibility index (Phi) is 2.04. The number of hydrogen-bond donors (Lipinski definition) is 1. The van der Waals surface area contributed by atoms with Crippen LogP contribution in [0.1, 0.15) is 6.92 Å². The van der Waals surface area contributed by atoms with Gasteiger partial charge in [0.05, 0.1) is 6.61 Å². The molecule has 1 N–H and O–H groups in total. The molecule has 0 atom stereocenters. The van der Waals surface area contributed by atoms with Gasteiger partial charge in [-0.15, -0.1) is 0 Å². The van der Waals surface area contributed by atoms with E-state index >= 15 is 0 Å². The molecule has 1 aromatic heterocycles. The van der Waals surface area contributed by atoms with Gasteiger partial charge in [-0.3, -0.25) is 9.78 Å². The first kappa shape index (κ1) is 6.80. The fourth-order valence-corrected chi connectivity index (χ4v) is 0.562. The second-order valence-electron chi connectivity index (χ2n) is 1.67. The normalized spacial score (nSPS) is 9.30. The number of nitrogens with zero attached hydrogens (tertiary/aromatic N) is 1. The van der Waals surface area contributed by atoms with E-state index in [-0.39, 0.29) is 11.6 Å². The van der Waals surface area contributed by atoms with Gasteiger partial charge in [0.2, 0.25) is 0 Å². The molecule has 1 rings (SSSR count). The SMILES string of the molecule is CCOc1nccc(=O)[nH]1. The summed E-state index contributed by atoms with van der Waals surface area (Å²) >= 11 is 0. The highest BCUT2D eigenvalue weighted by atomic mass is 16.5. The van der Waals surface area contributed by atoms with Crippen molar-refractivity contribution in [1.29, 1.82) is 0 Å². The highest BCUT2D eigenvalue weighted by Gasteiger charge is 1.90. The summed E-state index contributed by atoms with van der Waals surface area (Å²) in [5.41, 5.74) is -0.196. The summed E-state index contributed by atoms with van der Waals surface area (Å²) in [6.45, 7) is 2.33. The van der Waals surface area contributed by atoms with Crippen LogP contribution in [0.2, 0.25) is 0 Å². The van der Waals surface area contributed by atoms with Crippen LogP contribution in [0.3, 0.4) is 0 Å². The Balaban J connectivity index is 2.85. The lowest BCUT2D eigenvalue weighted by Crippen LogP contribution is -2.07. The molecule has 4 heteroatoms. The molecular weight excluding hydrogens is 132 g/mol. The van der Waals surface area contributed by atoms with Crippen LogP contribution in [0.4, 0.5) is 0 Å². The van der Waals surface area contributed by atoms with Crippen molar-refractivity contribution in [1.82, 2.24) is 9.97 Å². The second-order valence-corrected chi connectivity index (χ2v) is 1.67. The van der Waals surface area contributed by atoms with Gasteiger partial charge in [0.25, 0.3) is 11.6 Å². The molecule has 0 saturated heterocycles. The fourth-order valence-electron chi connectivity index (χ4n) is 0.562. The fraction of sp³-hybridized carbons (Fsp3) is 0.333. The zero-order chi connectivity index (χ0) is 7.40. The summed E-state index contributed by atoms with van der Waals surface area (Å²) in [5, 5.41) is 0. The molecule has 0 spiro atoms. The van der Waals surface area contributed by atoms with Crippen LogP contribution in [0.25, 0.3) is 0 Å². The molecule has 1 heterocycles. The topological polar surface area (TPSA) is 55.0 Å². The van der Waals surface area contributed by atoms with Gasteiger partial charge in [-0.2, -0.15) is 0 Å². The largest absolute Gasteiger partial charge is 0.465 e. The third-order valence-electron chi connectivity index (χ3n) is 0.929. The molecule has 0 bridgehead atoms. The number of rotatable bonds is 2. The summed E-state index contributed by atoms with van der Waals surface area (Å²) in [4.78, 5) is 16.8. The second kappa shape index (κ2) is 3.00. The summed E-state index contributed by atoms with van der Waals surface area (Å²) in [7, 11) is 0. The van der Waals surface area contributed by atoms with Crippen molar-refractivity contribution < 1.29 is 4.74 Å². The van der Waals surface area contributed by atoms with Crippen LogP contribution >= 0.6 is 0 Å². The van der Waals surface area contributed by atoms with Gasteiger partial charge in [-0.25, -0.2) is 4.98 Å². The van der Waals surface area contributed by atoms with Crippen LogP contribution in [-0.4, -0.2) is 16.6 Å². The first-order valence-electron chi connectivity index (χ1n) is 3.01. The van der Waals surface area contributed by atoms with Crippen LogP contribution in [-0.2, 0) is 0 Å². The van der Waals surface area contributed by atoms with Gasteiger partial charge in [0.1, 0.15) is 0 Å². The van der Waals surface area contributed by atoms with Crippen molar-refractivity contribution >= 4 is 0 Å². The number of H-pyrrole nitrogens is 1. The Morgan fingerprint density at radius 2 is 2.60 bits per heavy atom. The van der Waals surface area contributed by atoms with E-state index in [2.05, 4.69) is 9.97 Å². The van der Waals surface area contributed by atoms with Crippen molar-refractivity contribution in [2.24, 2.45) is 0 Å². The van der Waals surface area contributed by atoms with Crippen molar-refractivity contribution in [3.05, 3.63) is 22.6 Å². The van der Waals surface area contributed by atoms with E-state index in [0.717, 1.165) is 0 Å². The zero-order valence-electron chi connectivity index (χ0n) is 5.63. The van der Waals surface area contributed by atoms with Crippen LogP contribution in [0.5, 0.6) is 6.01 Å². The minimum Gasteiger partial charge on any atom is -0.465 e. The molecule has 0 aromatic carbocycles. The lowest BCUT2D eigenvalue weighted by Gasteiger charge is -1.97. The van der Waals surface area contributed by atoms with Crippen LogP contribution in [0.15, 0.2) is 17.1 Å². The zero-order valence-corrected chi connectivity index (χ0v) is 5.63. The number of aromatic amines is 1. The Hall–Kier alpha value is -1.32. The minimum atomic E-state index is -0.196. The highest BCUT2D eigenvalue weighted by Crippen LogP contribution is 1.92. The number of nitrogens with one attached hydrogen (secondary N) is 1. The quantitative estimate of drug-likeness (QED) is 0.637. The summed E-state index contributed by atoms with van der Waals surface area (Å²) < 4.78 is 4.92. The molecule has 0 unspecified atom stereocenters. The van der Waals surface area contributed by atoms with E-state index in [0.29, 0.717) is 6.61 Å². The Labute approximate surface area is 57.9 Å². The predicted molar refractivity (Wildman–Crippen MR) is 36.0 cm³/mol. The number of hydrogen-bond acceptors (Lipinski definition) is 3. The van der Waals surface area contributed by atoms with Gasteiger partial charge in [-0.1, -0.05) is 0 Å². The van der Waals surface area contributed by atoms with Gasteiger partial charge in [-0.05, 0) is 6.92 Å². The molecule has 0 aliphatic rings. The molecule has 1 aromatic rings. The van der Waals surface area contributed by atoms with Crippen LogP contribution < -0.4 is 10.3 Å². The smallest absolute Gasteiger partial charge is 0.296 e. The molecule has 0 aliphatic carbocycles. The van der Waals surface area contributed by atoms with E-state index < -0.39 is 0 Å². The van der Waals surface area contributed by atoms with Crippen molar-refractivity contribution in [3.8, 4) is 6.01 Å². The van der Waals surface area contributed by atoms with Crippen molar-refractivity contribution in [3.63, 3.8) is 0 Å². The van der Waals surface area contributed by atoms with E-state index in [1.165, 1.54) is 12.3 Å². The van der Waals surface area contributed by atoms with E-state index in [4.69, 9.17) is 4.74 Å². The van der Waals surface area contributed by atoms with Gasteiger partial charge >= 0.3 is 0 Å². The third-order valence-corrected chi connectivity index (χ3v) is 0.929. The Bertz CT molecular complexity index is 256. The molecule has 10 heavy (non-hydrogen) atoms. The summed E-state index contributed by atoms with van der Waals surface area (Å²) in [5.74, 6) is 0. The van der Waals surface area contributed by atoms with E-state index in [9.17, 15) is 4.79 Å². The third kappa shape index (κ3) is 1.58. The number of aromatic nitrogens is 2. The molecule has 0 saturated carbocycles. The lowest BCUT2D eigenvalue weighted by atomic mass is 10.7. The van der Waals surface area contributed by atoms with E-state index in [1.807, 2.05) is 6.92 Å². The molecular formula is C6H8N2O2. The number of ether oxygens (including phenoxy) is 1. The predicted octanol–water partition coefficient (Wildman–Crippen LogP) is 0.169. The standard InChI is InChI=1S/C6H8N2O2/c1-2-10-6-7-4-3-5(9)8-6/h3-4H,2H2,1H3,(H,7,8,9). The van der Waals surface area contributed by atoms with Gasteiger partial charge in [0.15, 0.2) is 0 Å². The molecule has 4 nitrogen and oxygen atoms in total. The molecule has 0 fully saturated rings. The first-order valence-corrected chi connectivity index (χ1v) is 3.01. The minimum absolute atomic E-state index is 0.196. The average Bonchev–Trinajstić information content (AvgIpc) is 1.88. The molecule has 0 amide bonds. The monoisotopic (exact) mass is 140 g/mol. The highest BCUT2D eigenvalue weighted by molar-refractivity contribution is 4.93. The first-order chi connectivity index (χ1) is 4.83. The molecule has 0 radical (unpaired) electrons. The van der Waals surface area contributed by atoms with Gasteiger partial charge < -0.3 is 4.74 Å². The maximum absolute atomic E-state index is 10.6. The Morgan fingerprint density at radius 1 is 1.80 bits per heavy atom. The average molecular weight is 140 g/mol. The summed E-state index contributed by atoms with van der Waals surface area (Å²) in [6, 6.07) is 1.61.